The van der Waals surface area contributed by atoms with E-state index in [-0.39, 0.29) is 24.8 Å². The van der Waals surface area contributed by atoms with Crippen LogP contribution in [-0.2, 0) is 0 Å². The van der Waals surface area contributed by atoms with Crippen molar-refractivity contribution >= 4 is 0 Å². The van der Waals surface area contributed by atoms with Crippen LogP contribution in [0.2, 0.25) is 0 Å². The van der Waals surface area contributed by atoms with E-state index < -0.39 is 5.92 Å². The Morgan fingerprint density at radius 1 is 1.28 bits per heavy atom. The zero-order chi connectivity index (χ0) is 13.2. The van der Waals surface area contributed by atoms with E-state index in [0.717, 1.165) is 38.9 Å². The van der Waals surface area contributed by atoms with Gasteiger partial charge in [-0.15, -0.1) is 0 Å². The molecule has 1 saturated carbocycles. The van der Waals surface area contributed by atoms with Gasteiger partial charge in [-0.3, -0.25) is 0 Å². The highest BCUT2D eigenvalue weighted by Gasteiger charge is 2.37. The van der Waals surface area contributed by atoms with Crippen LogP contribution in [0.4, 0.5) is 8.78 Å². The maximum atomic E-state index is 13.3. The Balaban J connectivity index is 1.74. The van der Waals surface area contributed by atoms with Gasteiger partial charge in [0.2, 0.25) is 5.92 Å². The largest absolute Gasteiger partial charge is 0.328 e. The van der Waals surface area contributed by atoms with Crippen LogP contribution in [-0.4, -0.2) is 36.5 Å². The quantitative estimate of drug-likeness (QED) is 0.845. The van der Waals surface area contributed by atoms with Crippen molar-refractivity contribution in [2.75, 3.05) is 19.6 Å². The third kappa shape index (κ3) is 3.89. The van der Waals surface area contributed by atoms with Gasteiger partial charge in [-0.1, -0.05) is 0 Å². The van der Waals surface area contributed by atoms with Crippen LogP contribution < -0.4 is 5.73 Å². The first-order valence-corrected chi connectivity index (χ1v) is 7.32. The van der Waals surface area contributed by atoms with E-state index in [1.807, 2.05) is 0 Å². The van der Waals surface area contributed by atoms with Gasteiger partial charge >= 0.3 is 0 Å². The van der Waals surface area contributed by atoms with Crippen LogP contribution in [0, 0.1) is 11.8 Å². The molecule has 1 aliphatic carbocycles. The molecule has 0 aromatic heterocycles. The molecular weight excluding hydrogens is 234 g/mol. The normalized spacial score (nSPS) is 32.3. The van der Waals surface area contributed by atoms with E-state index in [2.05, 4.69) is 11.8 Å². The lowest BCUT2D eigenvalue weighted by molar-refractivity contribution is -0.0580. The van der Waals surface area contributed by atoms with Gasteiger partial charge in [0.15, 0.2) is 0 Å². The molecular formula is C14H26F2N2. The zero-order valence-electron chi connectivity index (χ0n) is 11.4. The van der Waals surface area contributed by atoms with Crippen molar-refractivity contribution in [2.24, 2.45) is 17.6 Å². The van der Waals surface area contributed by atoms with Gasteiger partial charge in [-0.25, -0.2) is 8.78 Å². The van der Waals surface area contributed by atoms with Gasteiger partial charge in [-0.2, -0.15) is 0 Å². The monoisotopic (exact) mass is 260 g/mol. The Bertz CT molecular complexity index is 261. The predicted octanol–water partition coefficient (Wildman–Crippen LogP) is 2.87. The van der Waals surface area contributed by atoms with E-state index >= 15 is 0 Å². The molecule has 0 aromatic rings. The highest BCUT2D eigenvalue weighted by molar-refractivity contribution is 4.83. The van der Waals surface area contributed by atoms with Crippen LogP contribution in [0.25, 0.3) is 0 Å². The maximum absolute atomic E-state index is 13.3. The van der Waals surface area contributed by atoms with Gasteiger partial charge in [0, 0.05) is 25.4 Å². The average molecular weight is 260 g/mol. The van der Waals surface area contributed by atoms with E-state index in [0.29, 0.717) is 12.3 Å². The molecule has 2 nitrogen and oxygen atoms in total. The lowest BCUT2D eigenvalue weighted by atomic mass is 9.85. The van der Waals surface area contributed by atoms with Gasteiger partial charge in [0.25, 0.3) is 0 Å². The zero-order valence-corrected chi connectivity index (χ0v) is 11.4. The fraction of sp³-hybridized carbons (Fsp3) is 1.00. The minimum atomic E-state index is -2.41. The molecule has 0 spiro atoms. The lowest BCUT2D eigenvalue weighted by Gasteiger charge is -2.37. The molecule has 2 aliphatic rings. The highest BCUT2D eigenvalue weighted by Crippen LogP contribution is 2.37. The van der Waals surface area contributed by atoms with Gasteiger partial charge in [-0.05, 0) is 57.5 Å². The minimum Gasteiger partial charge on any atom is -0.328 e. The molecule has 0 bridgehead atoms. The fourth-order valence-corrected chi connectivity index (χ4v) is 3.46. The number of halogens is 2. The standard InChI is InChI=1S/C14H26F2N2/c1-11(17)13-4-7-18(8-5-13)10-12-3-2-6-14(15,16)9-12/h11-13H,2-10,17H2,1H3. The van der Waals surface area contributed by atoms with Gasteiger partial charge in [0.1, 0.15) is 0 Å². The molecule has 106 valence electrons. The Kier molecular flexibility index (Phi) is 4.59. The number of rotatable bonds is 3. The summed E-state index contributed by atoms with van der Waals surface area (Å²) in [5, 5.41) is 0. The molecule has 4 heteroatoms. The molecule has 0 aromatic carbocycles. The van der Waals surface area contributed by atoms with Crippen molar-refractivity contribution in [3.05, 3.63) is 0 Å². The summed E-state index contributed by atoms with van der Waals surface area (Å²) in [7, 11) is 0. The second kappa shape index (κ2) is 5.83. The van der Waals surface area contributed by atoms with E-state index in [4.69, 9.17) is 5.73 Å². The third-order valence-electron chi connectivity index (χ3n) is 4.63. The van der Waals surface area contributed by atoms with Crippen molar-refractivity contribution in [1.82, 2.24) is 4.90 Å². The number of hydrogen-bond acceptors (Lipinski definition) is 2. The number of nitrogens with zero attached hydrogens (tertiary/aromatic N) is 1. The van der Waals surface area contributed by atoms with Crippen LogP contribution >= 0.6 is 0 Å². The fourth-order valence-electron chi connectivity index (χ4n) is 3.46. The number of likely N-dealkylation sites (tertiary alicyclic amines) is 1. The molecule has 0 radical (unpaired) electrons. The molecule has 2 unspecified atom stereocenters. The van der Waals surface area contributed by atoms with E-state index in [9.17, 15) is 8.78 Å². The van der Waals surface area contributed by atoms with Crippen LogP contribution in [0.15, 0.2) is 0 Å². The Labute approximate surface area is 109 Å². The molecule has 18 heavy (non-hydrogen) atoms. The Morgan fingerprint density at radius 2 is 1.94 bits per heavy atom. The first-order valence-electron chi connectivity index (χ1n) is 7.32. The van der Waals surface area contributed by atoms with Crippen LogP contribution in [0.5, 0.6) is 0 Å². The summed E-state index contributed by atoms with van der Waals surface area (Å²) in [6.45, 7) is 5.01. The molecule has 2 N–H and O–H groups in total. The van der Waals surface area contributed by atoms with Crippen LogP contribution in [0.1, 0.15) is 45.4 Å². The summed E-state index contributed by atoms with van der Waals surface area (Å²) in [6.07, 6.45) is 4.11. The second-order valence-corrected chi connectivity index (χ2v) is 6.32. The third-order valence-corrected chi connectivity index (χ3v) is 4.63. The topological polar surface area (TPSA) is 29.3 Å². The summed E-state index contributed by atoms with van der Waals surface area (Å²) < 4.78 is 26.7. The molecule has 0 amide bonds. The number of hydrogen-bond donors (Lipinski definition) is 1. The number of piperidine rings is 1. The summed E-state index contributed by atoms with van der Waals surface area (Å²) in [6, 6.07) is 0.270. The predicted molar refractivity (Wildman–Crippen MR) is 69.7 cm³/mol. The smallest absolute Gasteiger partial charge is 0.248 e. The SMILES string of the molecule is CC(N)C1CCN(CC2CCCC(F)(F)C2)CC1. The van der Waals surface area contributed by atoms with Gasteiger partial charge in [0.05, 0.1) is 0 Å². The van der Waals surface area contributed by atoms with Crippen molar-refractivity contribution in [3.63, 3.8) is 0 Å². The molecule has 1 aliphatic heterocycles. The summed E-state index contributed by atoms with van der Waals surface area (Å²) in [4.78, 5) is 2.37. The summed E-state index contributed by atoms with van der Waals surface area (Å²) in [5.41, 5.74) is 5.91. The summed E-state index contributed by atoms with van der Waals surface area (Å²) >= 11 is 0. The first kappa shape index (κ1) is 14.2. The first-order chi connectivity index (χ1) is 8.46. The Hall–Kier alpha value is -0.220. The van der Waals surface area contributed by atoms with E-state index in [1.54, 1.807) is 0 Å². The average Bonchev–Trinajstić information content (AvgIpc) is 2.28. The molecule has 2 rings (SSSR count). The number of nitrogens with two attached hydrogens (primary N) is 1. The maximum Gasteiger partial charge on any atom is 0.248 e. The minimum absolute atomic E-state index is 0.0935. The lowest BCUT2D eigenvalue weighted by Crippen LogP contribution is -2.42. The molecule has 2 fully saturated rings. The van der Waals surface area contributed by atoms with Crippen molar-refractivity contribution in [2.45, 2.75) is 57.4 Å². The molecule has 1 saturated heterocycles. The van der Waals surface area contributed by atoms with Crippen LogP contribution in [0.3, 0.4) is 0 Å². The van der Waals surface area contributed by atoms with Crippen molar-refractivity contribution in [1.29, 1.82) is 0 Å². The van der Waals surface area contributed by atoms with Crippen molar-refractivity contribution < 1.29 is 8.78 Å². The second-order valence-electron chi connectivity index (χ2n) is 6.32. The molecule has 1 heterocycles. The summed E-state index contributed by atoms with van der Waals surface area (Å²) in [5.74, 6) is -1.60. The van der Waals surface area contributed by atoms with Crippen molar-refractivity contribution in [3.8, 4) is 0 Å². The Morgan fingerprint density at radius 3 is 2.50 bits per heavy atom. The molecule has 2 atom stereocenters. The van der Waals surface area contributed by atoms with E-state index in [1.165, 1.54) is 0 Å². The van der Waals surface area contributed by atoms with Gasteiger partial charge < -0.3 is 10.6 Å². The number of alkyl halides is 2. The highest BCUT2D eigenvalue weighted by atomic mass is 19.3.